The molecule has 0 unspecified atom stereocenters. The van der Waals surface area contributed by atoms with Crippen LogP contribution in [0.2, 0.25) is 0 Å². The SMILES string of the molecule is COc1ccc([C](=O)[Al])c(OC)c1. The summed E-state index contributed by atoms with van der Waals surface area (Å²) in [6.45, 7) is 0. The Labute approximate surface area is 85.1 Å². The van der Waals surface area contributed by atoms with Crippen LogP contribution >= 0.6 is 0 Å². The molecule has 13 heavy (non-hydrogen) atoms. The Morgan fingerprint density at radius 3 is 2.46 bits per heavy atom. The molecule has 1 rings (SSSR count). The monoisotopic (exact) mass is 192 g/mol. The van der Waals surface area contributed by atoms with Gasteiger partial charge in [-0.15, -0.1) is 0 Å². The fourth-order valence-electron chi connectivity index (χ4n) is 1.00. The minimum atomic E-state index is -0.0977. The van der Waals surface area contributed by atoms with Crippen LogP contribution in [0.5, 0.6) is 11.5 Å². The first-order chi connectivity index (χ1) is 6.19. The van der Waals surface area contributed by atoms with E-state index in [1.165, 1.54) is 7.11 Å². The molecule has 2 radical (unpaired) electrons. The van der Waals surface area contributed by atoms with Crippen LogP contribution in [0.25, 0.3) is 0 Å². The first-order valence-corrected chi connectivity index (χ1v) is 4.28. The van der Waals surface area contributed by atoms with Crippen molar-refractivity contribution in [1.82, 2.24) is 0 Å². The molecule has 1 aromatic rings. The number of carbonyl (C=O) groups excluding carboxylic acids is 1. The first kappa shape index (κ1) is 10.1. The number of methoxy groups -OCH3 is 2. The summed E-state index contributed by atoms with van der Waals surface area (Å²) in [5, 5.41) is 0. The zero-order valence-corrected chi connectivity index (χ0v) is 8.69. The third-order valence-corrected chi connectivity index (χ3v) is 1.99. The van der Waals surface area contributed by atoms with E-state index < -0.39 is 0 Å². The van der Waals surface area contributed by atoms with Gasteiger partial charge >= 0.3 is 0 Å². The summed E-state index contributed by atoms with van der Waals surface area (Å²) >= 11 is 2.11. The number of benzene rings is 1. The Kier molecular flexibility index (Phi) is 3.35. The summed E-state index contributed by atoms with van der Waals surface area (Å²) < 4.78 is 9.93. The highest BCUT2D eigenvalue weighted by molar-refractivity contribution is 6.62. The van der Waals surface area contributed by atoms with E-state index >= 15 is 0 Å². The molecule has 4 heteroatoms. The lowest BCUT2D eigenvalue weighted by atomic mass is 10.2. The van der Waals surface area contributed by atoms with Gasteiger partial charge in [-0.25, -0.2) is 0 Å². The normalized spacial score (nSPS) is 9.38. The number of carbonyl (C=O) groups is 1. The molecule has 0 N–H and O–H groups in total. The van der Waals surface area contributed by atoms with Crippen LogP contribution in [0, 0.1) is 0 Å². The van der Waals surface area contributed by atoms with Gasteiger partial charge in [-0.2, -0.15) is 0 Å². The topological polar surface area (TPSA) is 35.5 Å². The zero-order chi connectivity index (χ0) is 9.84. The molecule has 0 amide bonds. The van der Waals surface area contributed by atoms with E-state index in [-0.39, 0.29) is 4.65 Å². The van der Waals surface area contributed by atoms with E-state index in [9.17, 15) is 4.79 Å². The molecular weight excluding hydrogens is 183 g/mol. The van der Waals surface area contributed by atoms with Gasteiger partial charge in [-0.3, -0.25) is 0 Å². The van der Waals surface area contributed by atoms with Crippen molar-refractivity contribution in [3.63, 3.8) is 0 Å². The van der Waals surface area contributed by atoms with E-state index in [2.05, 4.69) is 16.3 Å². The molecule has 0 aliphatic rings. The highest BCUT2D eigenvalue weighted by Crippen LogP contribution is 2.24. The number of rotatable bonds is 3. The largest absolute Gasteiger partial charge is 0.497 e. The molecule has 0 heterocycles. The van der Waals surface area contributed by atoms with Crippen molar-refractivity contribution in [3.05, 3.63) is 23.8 Å². The van der Waals surface area contributed by atoms with Crippen molar-refractivity contribution < 1.29 is 14.3 Å². The molecule has 3 nitrogen and oxygen atoms in total. The highest BCUT2D eigenvalue weighted by atomic mass is 27.0. The van der Waals surface area contributed by atoms with Gasteiger partial charge in [0.1, 0.15) is 11.5 Å². The molecule has 0 saturated carbocycles. The molecule has 0 aromatic heterocycles. The second kappa shape index (κ2) is 4.31. The maximum atomic E-state index is 11.1. The van der Waals surface area contributed by atoms with Gasteiger partial charge in [0.25, 0.3) is 16.3 Å². The lowest BCUT2D eigenvalue weighted by Crippen LogP contribution is -2.01. The zero-order valence-electron chi connectivity index (χ0n) is 7.53. The van der Waals surface area contributed by atoms with E-state index in [0.717, 1.165) is 0 Å². The molecule has 1 aromatic carbocycles. The predicted molar refractivity (Wildman–Crippen MR) is 49.6 cm³/mol. The van der Waals surface area contributed by atoms with Gasteiger partial charge in [0.2, 0.25) is 0 Å². The second-order valence-corrected chi connectivity index (χ2v) is 2.95. The molecule has 0 atom stereocenters. The fraction of sp³-hybridized carbons (Fsp3) is 0.222. The summed E-state index contributed by atoms with van der Waals surface area (Å²) in [7, 11) is 3.09. The van der Waals surface area contributed by atoms with Crippen LogP contribution < -0.4 is 9.47 Å². The van der Waals surface area contributed by atoms with Crippen LogP contribution in [-0.4, -0.2) is 35.2 Å². The van der Waals surface area contributed by atoms with Crippen molar-refractivity contribution in [1.29, 1.82) is 0 Å². The van der Waals surface area contributed by atoms with Crippen molar-refractivity contribution in [2.45, 2.75) is 0 Å². The van der Waals surface area contributed by atoms with Crippen LogP contribution in [0.1, 0.15) is 10.4 Å². The smallest absolute Gasteiger partial charge is 0.250 e. The van der Waals surface area contributed by atoms with Gasteiger partial charge in [0.05, 0.1) is 18.9 Å². The third kappa shape index (κ3) is 2.24. The Morgan fingerprint density at radius 2 is 2.00 bits per heavy atom. The number of hydrogen-bond acceptors (Lipinski definition) is 3. The van der Waals surface area contributed by atoms with Gasteiger partial charge in [-0.1, -0.05) is 0 Å². The van der Waals surface area contributed by atoms with Crippen molar-refractivity contribution in [2.24, 2.45) is 0 Å². The van der Waals surface area contributed by atoms with E-state index in [1.54, 1.807) is 25.3 Å². The third-order valence-electron chi connectivity index (χ3n) is 1.67. The Hall–Kier alpha value is -0.978. The van der Waals surface area contributed by atoms with Crippen LogP contribution in [0.3, 0.4) is 0 Å². The lowest BCUT2D eigenvalue weighted by molar-refractivity contribution is 0.107. The van der Waals surface area contributed by atoms with Gasteiger partial charge < -0.3 is 14.3 Å². The standard InChI is InChI=1S/C9H9O3.Al/c1-11-8-4-3-7(6-10)9(5-8)12-2;/h3-5H,1-2H3;. The van der Waals surface area contributed by atoms with E-state index in [1.807, 2.05) is 0 Å². The molecule has 0 fully saturated rings. The minimum absolute atomic E-state index is 0.0977. The van der Waals surface area contributed by atoms with Gasteiger partial charge in [0, 0.05) is 11.6 Å². The first-order valence-electron chi connectivity index (χ1n) is 3.71. The van der Waals surface area contributed by atoms with Crippen LogP contribution in [-0.2, 0) is 0 Å². The summed E-state index contributed by atoms with van der Waals surface area (Å²) in [6.07, 6.45) is 0. The lowest BCUT2D eigenvalue weighted by Gasteiger charge is -2.08. The summed E-state index contributed by atoms with van der Waals surface area (Å²) in [5.74, 6) is 1.20. The molecule has 66 valence electrons. The number of hydrogen-bond donors (Lipinski definition) is 0. The summed E-state index contributed by atoms with van der Waals surface area (Å²) in [4.78, 5) is 11.1. The highest BCUT2D eigenvalue weighted by Gasteiger charge is 2.06. The van der Waals surface area contributed by atoms with E-state index in [4.69, 9.17) is 9.47 Å². The molecule has 0 saturated heterocycles. The maximum absolute atomic E-state index is 11.1. The minimum Gasteiger partial charge on any atom is -0.497 e. The van der Waals surface area contributed by atoms with Crippen molar-refractivity contribution in [2.75, 3.05) is 14.2 Å². The van der Waals surface area contributed by atoms with Crippen molar-refractivity contribution >= 4 is 20.9 Å². The van der Waals surface area contributed by atoms with Crippen molar-refractivity contribution in [3.8, 4) is 11.5 Å². The average Bonchev–Trinajstić information content (AvgIpc) is 2.16. The number of ether oxygens (including phenoxy) is 2. The maximum Gasteiger partial charge on any atom is 0.250 e. The predicted octanol–water partition coefficient (Wildman–Crippen LogP) is 1.01. The van der Waals surface area contributed by atoms with Gasteiger partial charge in [0.15, 0.2) is 0 Å². The second-order valence-electron chi connectivity index (χ2n) is 2.43. The molecule has 0 aliphatic carbocycles. The van der Waals surface area contributed by atoms with Gasteiger partial charge in [-0.05, 0) is 12.1 Å². The Bertz CT molecular complexity index is 323. The summed E-state index contributed by atoms with van der Waals surface area (Å²) in [6, 6.07) is 5.07. The quantitative estimate of drug-likeness (QED) is 0.670. The molecular formula is C9H9AlO3. The van der Waals surface area contributed by atoms with Crippen LogP contribution in [0.4, 0.5) is 0 Å². The molecule has 0 spiro atoms. The molecule has 0 aliphatic heterocycles. The Balaban J connectivity index is 3.15. The van der Waals surface area contributed by atoms with E-state index in [0.29, 0.717) is 17.1 Å². The molecule has 0 bridgehead atoms. The summed E-state index contributed by atoms with van der Waals surface area (Å²) in [5.41, 5.74) is 0.535. The Morgan fingerprint density at radius 1 is 1.31 bits per heavy atom. The van der Waals surface area contributed by atoms with Crippen LogP contribution in [0.15, 0.2) is 18.2 Å². The average molecular weight is 192 g/mol. The fourth-order valence-corrected chi connectivity index (χ4v) is 1.24.